The zero-order valence-corrected chi connectivity index (χ0v) is 14.8. The van der Waals surface area contributed by atoms with E-state index in [1.807, 2.05) is 0 Å². The third kappa shape index (κ3) is 2.93. The molecule has 2 radical (unpaired) electrons. The summed E-state index contributed by atoms with van der Waals surface area (Å²) in [4.78, 5) is 0. The predicted molar refractivity (Wildman–Crippen MR) is 80.9 cm³/mol. The van der Waals surface area contributed by atoms with Crippen LogP contribution >= 0.6 is 11.8 Å². The fourth-order valence-corrected chi connectivity index (χ4v) is 4.82. The van der Waals surface area contributed by atoms with Gasteiger partial charge in [0.05, 0.1) is 0 Å². The van der Waals surface area contributed by atoms with Crippen molar-refractivity contribution in [2.75, 3.05) is 5.75 Å². The predicted octanol–water partition coefficient (Wildman–Crippen LogP) is 3.89. The van der Waals surface area contributed by atoms with E-state index in [0.29, 0.717) is 4.75 Å². The van der Waals surface area contributed by atoms with E-state index < -0.39 is 0 Å². The zero-order valence-electron chi connectivity index (χ0n) is 10.7. The number of hydrogen-bond donors (Lipinski definition) is 0. The summed E-state index contributed by atoms with van der Waals surface area (Å²) in [6.45, 7) is 4.58. The van der Waals surface area contributed by atoms with E-state index in [1.165, 1.54) is 47.5 Å². The van der Waals surface area contributed by atoms with Gasteiger partial charge in [-0.3, -0.25) is 0 Å². The fraction of sp³-hybridized carbons (Fsp3) is 0.467. The number of rotatable bonds is 4. The normalized spacial score (nSPS) is 27.8. The minimum absolute atomic E-state index is 0.335. The Bertz CT molecular complexity index is 415. The molecule has 0 fully saturated rings. The molecule has 0 aromatic heterocycles. The molecule has 0 aromatic rings. The molecule has 0 saturated carbocycles. The molecule has 0 spiro atoms. The molecular formula is C15H20SSn. The Balaban J connectivity index is 2.24. The van der Waals surface area contributed by atoms with Gasteiger partial charge >= 0.3 is 123 Å². The van der Waals surface area contributed by atoms with Crippen LogP contribution in [0.4, 0.5) is 0 Å². The Morgan fingerprint density at radius 1 is 1.41 bits per heavy atom. The average molecular weight is 351 g/mol. The first-order valence-corrected chi connectivity index (χ1v) is 8.93. The van der Waals surface area contributed by atoms with Crippen LogP contribution in [0.25, 0.3) is 0 Å². The van der Waals surface area contributed by atoms with Crippen LogP contribution in [-0.4, -0.2) is 33.0 Å². The monoisotopic (exact) mass is 352 g/mol. The first-order valence-electron chi connectivity index (χ1n) is 6.30. The van der Waals surface area contributed by atoms with Gasteiger partial charge in [0.15, 0.2) is 0 Å². The van der Waals surface area contributed by atoms with Gasteiger partial charge in [-0.05, 0) is 0 Å². The van der Waals surface area contributed by atoms with Crippen LogP contribution in [-0.2, 0) is 0 Å². The molecule has 0 amide bonds. The van der Waals surface area contributed by atoms with Gasteiger partial charge in [0.2, 0.25) is 0 Å². The third-order valence-corrected chi connectivity index (χ3v) is 6.82. The number of hydrogen-bond acceptors (Lipinski definition) is 1. The molecule has 2 aliphatic rings. The zero-order chi connectivity index (χ0) is 12.3. The Hall–Kier alpha value is 0.109. The Morgan fingerprint density at radius 3 is 2.82 bits per heavy atom. The van der Waals surface area contributed by atoms with E-state index in [-0.39, 0.29) is 0 Å². The van der Waals surface area contributed by atoms with Crippen molar-refractivity contribution in [1.82, 2.24) is 0 Å². The average Bonchev–Trinajstić information content (AvgIpc) is 2.69. The van der Waals surface area contributed by atoms with E-state index in [1.54, 1.807) is 14.7 Å². The molecule has 2 rings (SSSR count). The molecule has 2 aliphatic carbocycles. The third-order valence-electron chi connectivity index (χ3n) is 3.61. The van der Waals surface area contributed by atoms with Crippen molar-refractivity contribution >= 4 is 34.3 Å². The van der Waals surface area contributed by atoms with Gasteiger partial charge in [-0.2, -0.15) is 0 Å². The molecule has 0 aromatic carbocycles. The summed E-state index contributed by atoms with van der Waals surface area (Å²) in [5.74, 6) is 1.20. The Kier molecular flexibility index (Phi) is 4.64. The molecule has 0 aliphatic heterocycles. The summed E-state index contributed by atoms with van der Waals surface area (Å²) in [5, 5.41) is 0. The van der Waals surface area contributed by atoms with Gasteiger partial charge in [0.25, 0.3) is 0 Å². The number of thioether (sulfide) groups is 1. The maximum absolute atomic E-state index is 2.36. The summed E-state index contributed by atoms with van der Waals surface area (Å²) in [6, 6.07) is 0. The van der Waals surface area contributed by atoms with Crippen LogP contribution in [0.3, 0.4) is 0 Å². The van der Waals surface area contributed by atoms with Crippen molar-refractivity contribution in [3.8, 4) is 0 Å². The summed E-state index contributed by atoms with van der Waals surface area (Å²) in [5.41, 5.74) is 3.17. The van der Waals surface area contributed by atoms with Crippen molar-refractivity contribution in [1.29, 1.82) is 0 Å². The molecule has 0 bridgehead atoms. The standard InChI is InChI=1S/C15H19S.Sn.H/c1-3-16-15(11-7-6-8-13(15)2)12-14-9-4-5-10-14;;/h4,6-9H,3,5,11-12H2,1-2H3;;. The molecule has 1 atom stereocenters. The van der Waals surface area contributed by atoms with E-state index >= 15 is 0 Å². The summed E-state index contributed by atoms with van der Waals surface area (Å²) < 4.78 is 2.02. The van der Waals surface area contributed by atoms with Crippen molar-refractivity contribution in [3.63, 3.8) is 0 Å². The van der Waals surface area contributed by atoms with Crippen molar-refractivity contribution < 1.29 is 0 Å². The second-order valence-corrected chi connectivity index (χ2v) is 8.38. The van der Waals surface area contributed by atoms with Gasteiger partial charge in [0, 0.05) is 0 Å². The SMILES string of the molecule is CCSC1(CC2=[C]([SnH])CC=C2)CC=CC=C1C. The summed E-state index contributed by atoms with van der Waals surface area (Å²) in [6.07, 6.45) is 15.2. The molecule has 17 heavy (non-hydrogen) atoms. The minimum atomic E-state index is 0.335. The van der Waals surface area contributed by atoms with Gasteiger partial charge < -0.3 is 0 Å². The second kappa shape index (κ2) is 5.83. The molecule has 0 N–H and O–H groups in total. The van der Waals surface area contributed by atoms with Gasteiger partial charge in [0.1, 0.15) is 0 Å². The van der Waals surface area contributed by atoms with Crippen LogP contribution in [0.2, 0.25) is 0 Å². The molecule has 2 heteroatoms. The van der Waals surface area contributed by atoms with Crippen LogP contribution in [0.1, 0.15) is 33.1 Å². The molecule has 0 saturated heterocycles. The second-order valence-electron chi connectivity index (χ2n) is 4.74. The quantitative estimate of drug-likeness (QED) is 0.693. The molecular weight excluding hydrogens is 331 g/mol. The van der Waals surface area contributed by atoms with E-state index in [4.69, 9.17) is 0 Å². The maximum atomic E-state index is 2.36. The molecule has 0 nitrogen and oxygen atoms in total. The van der Waals surface area contributed by atoms with Crippen LogP contribution in [0.15, 0.2) is 45.1 Å². The Morgan fingerprint density at radius 2 is 2.24 bits per heavy atom. The van der Waals surface area contributed by atoms with Crippen LogP contribution < -0.4 is 0 Å². The van der Waals surface area contributed by atoms with Gasteiger partial charge in [-0.25, -0.2) is 0 Å². The van der Waals surface area contributed by atoms with Gasteiger partial charge in [-0.15, -0.1) is 0 Å². The Labute approximate surface area is 122 Å². The number of allylic oxidation sites excluding steroid dienone is 7. The van der Waals surface area contributed by atoms with Crippen molar-refractivity contribution in [3.05, 3.63) is 45.1 Å². The van der Waals surface area contributed by atoms with Crippen LogP contribution in [0.5, 0.6) is 0 Å². The first-order chi connectivity index (χ1) is 8.18. The van der Waals surface area contributed by atoms with E-state index in [2.05, 4.69) is 56.0 Å². The molecule has 90 valence electrons. The molecule has 1 unspecified atom stereocenters. The molecule has 0 heterocycles. The fourth-order valence-electron chi connectivity index (χ4n) is 2.54. The summed E-state index contributed by atoms with van der Waals surface area (Å²) >= 11 is 3.41. The van der Waals surface area contributed by atoms with Gasteiger partial charge in [-0.1, -0.05) is 0 Å². The summed E-state index contributed by atoms with van der Waals surface area (Å²) in [7, 11) is 0. The van der Waals surface area contributed by atoms with Crippen molar-refractivity contribution in [2.45, 2.75) is 37.9 Å². The topological polar surface area (TPSA) is 0 Å². The van der Waals surface area contributed by atoms with Crippen molar-refractivity contribution in [2.24, 2.45) is 0 Å². The van der Waals surface area contributed by atoms with E-state index in [9.17, 15) is 0 Å². The van der Waals surface area contributed by atoms with E-state index in [0.717, 1.165) is 0 Å². The first kappa shape index (κ1) is 13.5. The van der Waals surface area contributed by atoms with Crippen LogP contribution in [0, 0.1) is 0 Å².